The molecule has 0 atom stereocenters. The number of hydrogen-bond donors (Lipinski definition) is 2. The van der Waals surface area contributed by atoms with Crippen LogP contribution in [0.3, 0.4) is 0 Å². The number of nitriles is 1. The summed E-state index contributed by atoms with van der Waals surface area (Å²) in [5.41, 5.74) is 1.93. The van der Waals surface area contributed by atoms with Crippen molar-refractivity contribution in [3.63, 3.8) is 0 Å². The zero-order valence-electron chi connectivity index (χ0n) is 13.2. The van der Waals surface area contributed by atoms with Crippen molar-refractivity contribution in [3.8, 4) is 6.07 Å². The van der Waals surface area contributed by atoms with Crippen LogP contribution in [0.2, 0.25) is 0 Å². The van der Waals surface area contributed by atoms with Gasteiger partial charge < -0.3 is 4.98 Å². The zero-order valence-corrected chi connectivity index (χ0v) is 14.8. The summed E-state index contributed by atoms with van der Waals surface area (Å²) in [6.07, 6.45) is 4.27. The molecule has 0 amide bonds. The molecule has 11 heteroatoms. The van der Waals surface area contributed by atoms with E-state index in [0.717, 1.165) is 24.2 Å². The summed E-state index contributed by atoms with van der Waals surface area (Å²) in [5, 5.41) is 13.3. The molecule has 0 aliphatic carbocycles. The number of fused-ring (bicyclic) bond motifs is 1. The zero-order chi connectivity index (χ0) is 18.4. The highest BCUT2D eigenvalue weighted by molar-refractivity contribution is 7.93. The third-order valence-corrected chi connectivity index (χ3v) is 5.79. The first kappa shape index (κ1) is 17.0. The molecule has 2 N–H and O–H groups in total. The van der Waals surface area contributed by atoms with E-state index in [9.17, 15) is 16.8 Å². The summed E-state index contributed by atoms with van der Waals surface area (Å²) in [6, 6.07) is 5.30. The van der Waals surface area contributed by atoms with Gasteiger partial charge in [0.15, 0.2) is 0 Å². The normalized spacial score (nSPS) is 12.2. The highest BCUT2D eigenvalue weighted by Gasteiger charge is 2.21. The highest BCUT2D eigenvalue weighted by atomic mass is 32.2. The second-order valence-electron chi connectivity index (χ2n) is 5.41. The Morgan fingerprint density at radius 3 is 2.60 bits per heavy atom. The van der Waals surface area contributed by atoms with Crippen LogP contribution in [0.25, 0.3) is 10.9 Å². The second-order valence-corrected chi connectivity index (χ2v) is 8.93. The molecule has 2 aromatic heterocycles. The Labute approximate surface area is 144 Å². The lowest BCUT2D eigenvalue weighted by Gasteiger charge is -2.09. The molecule has 2 heterocycles. The van der Waals surface area contributed by atoms with Crippen molar-refractivity contribution in [3.05, 3.63) is 41.9 Å². The predicted octanol–water partition coefficient (Wildman–Crippen LogP) is 1.15. The third kappa shape index (κ3) is 2.97. The Bertz CT molecular complexity index is 1230. The maximum atomic E-state index is 12.5. The van der Waals surface area contributed by atoms with Crippen LogP contribution >= 0.6 is 0 Å². The Balaban J connectivity index is 2.07. The Morgan fingerprint density at radius 2 is 2.00 bits per heavy atom. The smallest absolute Gasteiger partial charge is 0.265 e. The van der Waals surface area contributed by atoms with Crippen LogP contribution < -0.4 is 4.72 Å². The van der Waals surface area contributed by atoms with Crippen molar-refractivity contribution in [1.29, 1.82) is 5.26 Å². The molecule has 130 valence electrons. The topological polar surface area (TPSA) is 138 Å². The van der Waals surface area contributed by atoms with Gasteiger partial charge in [-0.3, -0.25) is 4.72 Å². The summed E-state index contributed by atoms with van der Waals surface area (Å²) in [7, 11) is -7.74. The average molecular weight is 379 g/mol. The van der Waals surface area contributed by atoms with Crippen molar-refractivity contribution in [2.45, 2.75) is 11.8 Å². The summed E-state index contributed by atoms with van der Waals surface area (Å²) < 4.78 is 50.8. The maximum Gasteiger partial charge on any atom is 0.265 e. The molecule has 0 aliphatic heterocycles. The molecule has 3 rings (SSSR count). The molecule has 0 spiro atoms. The monoisotopic (exact) mass is 379 g/mol. The van der Waals surface area contributed by atoms with Gasteiger partial charge in [-0.15, -0.1) is 0 Å². The van der Waals surface area contributed by atoms with Gasteiger partial charge in [0.2, 0.25) is 0 Å². The minimum absolute atomic E-state index is 0.245. The van der Waals surface area contributed by atoms with Crippen molar-refractivity contribution >= 4 is 36.6 Å². The molecule has 0 saturated heterocycles. The van der Waals surface area contributed by atoms with E-state index >= 15 is 0 Å². The summed E-state index contributed by atoms with van der Waals surface area (Å²) in [4.78, 5) is 2.59. The molecule has 9 nitrogen and oxygen atoms in total. The van der Waals surface area contributed by atoms with Crippen LogP contribution in [0.15, 0.2) is 35.6 Å². The average Bonchev–Trinajstić information content (AvgIpc) is 3.16. The van der Waals surface area contributed by atoms with Gasteiger partial charge in [-0.05, 0) is 18.6 Å². The third-order valence-electron chi connectivity index (χ3n) is 3.60. The van der Waals surface area contributed by atoms with Gasteiger partial charge >= 0.3 is 0 Å². The SMILES string of the molecule is Cc1ccc(NS(=O)(=O)c2cnn(S(C)(=O)=O)c2)c2[nH]cc(C#N)c12. The Morgan fingerprint density at radius 1 is 1.28 bits per heavy atom. The van der Waals surface area contributed by atoms with E-state index in [1.165, 1.54) is 6.20 Å². The van der Waals surface area contributed by atoms with Gasteiger partial charge in [0.05, 0.1) is 35.4 Å². The minimum Gasteiger partial charge on any atom is -0.358 e. The van der Waals surface area contributed by atoms with Gasteiger partial charge in [-0.1, -0.05) is 6.07 Å². The number of sulfonamides is 1. The van der Waals surface area contributed by atoms with Crippen LogP contribution in [0.4, 0.5) is 5.69 Å². The van der Waals surface area contributed by atoms with E-state index in [2.05, 4.69) is 14.8 Å². The molecular weight excluding hydrogens is 366 g/mol. The molecule has 0 unspecified atom stereocenters. The second kappa shape index (κ2) is 5.61. The van der Waals surface area contributed by atoms with Gasteiger partial charge in [-0.2, -0.15) is 14.4 Å². The first-order chi connectivity index (χ1) is 11.6. The van der Waals surface area contributed by atoms with Gasteiger partial charge in [0.1, 0.15) is 11.0 Å². The fourth-order valence-electron chi connectivity index (χ4n) is 2.41. The van der Waals surface area contributed by atoms with Gasteiger partial charge in [0, 0.05) is 11.6 Å². The van der Waals surface area contributed by atoms with Crippen LogP contribution in [-0.2, 0) is 20.0 Å². The molecule has 0 saturated carbocycles. The minimum atomic E-state index is -4.06. The standard InChI is InChI=1S/C14H13N5O4S2/c1-9-3-4-12(14-13(9)10(5-15)6-16-14)18-25(22,23)11-7-17-19(8-11)24(2,20)21/h3-4,6-8,16,18H,1-2H3. The number of H-pyrrole nitrogens is 1. The van der Waals surface area contributed by atoms with Crippen molar-refractivity contribution in [1.82, 2.24) is 14.2 Å². The molecule has 0 bridgehead atoms. The van der Waals surface area contributed by atoms with Crippen molar-refractivity contribution in [2.75, 3.05) is 11.0 Å². The first-order valence-corrected chi connectivity index (χ1v) is 10.3. The molecular formula is C14H13N5O4S2. The first-order valence-electron chi connectivity index (χ1n) is 6.92. The number of nitrogens with one attached hydrogen (secondary N) is 2. The molecule has 0 fully saturated rings. The fourth-order valence-corrected chi connectivity index (χ4v) is 4.00. The van der Waals surface area contributed by atoms with Crippen LogP contribution in [0, 0.1) is 18.3 Å². The van der Waals surface area contributed by atoms with E-state index in [-0.39, 0.29) is 10.6 Å². The van der Waals surface area contributed by atoms with Crippen molar-refractivity contribution in [2.24, 2.45) is 0 Å². The number of hydrogen-bond acceptors (Lipinski definition) is 6. The van der Waals surface area contributed by atoms with Gasteiger partial charge in [0.25, 0.3) is 20.0 Å². The van der Waals surface area contributed by atoms with E-state index in [1.54, 1.807) is 12.1 Å². The lowest BCUT2D eigenvalue weighted by Crippen LogP contribution is -2.13. The van der Waals surface area contributed by atoms with E-state index < -0.39 is 20.0 Å². The Kier molecular flexibility index (Phi) is 3.81. The molecule has 0 radical (unpaired) electrons. The van der Waals surface area contributed by atoms with Crippen molar-refractivity contribution < 1.29 is 16.8 Å². The van der Waals surface area contributed by atoms with E-state index in [0.29, 0.717) is 20.6 Å². The van der Waals surface area contributed by atoms with Crippen LogP contribution in [0.5, 0.6) is 0 Å². The lowest BCUT2D eigenvalue weighted by atomic mass is 10.1. The highest BCUT2D eigenvalue weighted by Crippen LogP contribution is 2.29. The van der Waals surface area contributed by atoms with E-state index in [4.69, 9.17) is 5.26 Å². The number of aromatic amines is 1. The number of aryl methyl sites for hydroxylation is 1. The predicted molar refractivity (Wildman–Crippen MR) is 91.0 cm³/mol. The fraction of sp³-hybridized carbons (Fsp3) is 0.143. The number of anilines is 1. The lowest BCUT2D eigenvalue weighted by molar-refractivity contribution is 0.586. The van der Waals surface area contributed by atoms with Crippen LogP contribution in [0.1, 0.15) is 11.1 Å². The number of rotatable bonds is 4. The summed E-state index contributed by atoms with van der Waals surface area (Å²) >= 11 is 0. The molecule has 3 aromatic rings. The van der Waals surface area contributed by atoms with Gasteiger partial charge in [-0.25, -0.2) is 16.8 Å². The number of aromatic nitrogens is 3. The Hall–Kier alpha value is -2.84. The largest absolute Gasteiger partial charge is 0.358 e. The molecule has 1 aromatic carbocycles. The molecule has 25 heavy (non-hydrogen) atoms. The quantitative estimate of drug-likeness (QED) is 0.697. The summed E-state index contributed by atoms with van der Waals surface area (Å²) in [6.45, 7) is 1.81. The van der Waals surface area contributed by atoms with Crippen LogP contribution in [-0.4, -0.2) is 37.3 Å². The summed E-state index contributed by atoms with van der Waals surface area (Å²) in [5.74, 6) is 0. The number of benzene rings is 1. The molecule has 0 aliphatic rings. The van der Waals surface area contributed by atoms with E-state index in [1.807, 2.05) is 13.0 Å². The number of nitrogens with zero attached hydrogens (tertiary/aromatic N) is 3. The maximum absolute atomic E-state index is 12.5.